The van der Waals surface area contributed by atoms with Gasteiger partial charge in [-0.3, -0.25) is 4.57 Å². The molecule has 6 heteroatoms. The van der Waals surface area contributed by atoms with Crippen LogP contribution < -0.4 is 0 Å². The summed E-state index contributed by atoms with van der Waals surface area (Å²) in [4.78, 5) is 15.4. The van der Waals surface area contributed by atoms with Gasteiger partial charge in [-0.05, 0) is 54.1 Å². The molecule has 4 aromatic heterocycles. The van der Waals surface area contributed by atoms with Crippen molar-refractivity contribution in [1.82, 2.24) is 24.1 Å². The minimum absolute atomic E-state index is 0.579. The van der Waals surface area contributed by atoms with Gasteiger partial charge < -0.3 is 4.57 Å². The van der Waals surface area contributed by atoms with Crippen LogP contribution in [0.4, 0.5) is 0 Å². The molecule has 0 aliphatic rings. The molecule has 0 saturated carbocycles. The molecule has 0 fully saturated rings. The van der Waals surface area contributed by atoms with Crippen LogP contribution in [0.5, 0.6) is 0 Å². The molecule has 266 valence electrons. The van der Waals surface area contributed by atoms with E-state index >= 15 is 0 Å². The van der Waals surface area contributed by atoms with E-state index in [0.29, 0.717) is 17.6 Å². The molecule has 0 atom stereocenters. The third-order valence-corrected chi connectivity index (χ3v) is 12.3. The molecule has 0 amide bonds. The Morgan fingerprint density at radius 3 is 1.67 bits per heavy atom. The van der Waals surface area contributed by atoms with Crippen molar-refractivity contribution in [2.45, 2.75) is 0 Å². The molecule has 4 heterocycles. The van der Waals surface area contributed by atoms with Gasteiger partial charge in [-0.2, -0.15) is 9.97 Å². The number of benzene rings is 8. The minimum Gasteiger partial charge on any atom is -0.309 e. The summed E-state index contributed by atoms with van der Waals surface area (Å²) in [5.74, 6) is 1.84. The summed E-state index contributed by atoms with van der Waals surface area (Å²) in [6.45, 7) is 0. The van der Waals surface area contributed by atoms with Gasteiger partial charge in [0.2, 0.25) is 5.95 Å². The Kier molecular flexibility index (Phi) is 7.03. The number of nitrogens with zero attached hydrogens (tertiary/aromatic N) is 5. The average molecular weight is 746 g/mol. The number of hydrogen-bond donors (Lipinski definition) is 0. The van der Waals surface area contributed by atoms with E-state index in [1.807, 2.05) is 47.7 Å². The van der Waals surface area contributed by atoms with Crippen LogP contribution in [0, 0.1) is 0 Å². The van der Waals surface area contributed by atoms with Crippen molar-refractivity contribution in [3.05, 3.63) is 188 Å². The Morgan fingerprint density at radius 2 is 0.930 bits per heavy atom. The fourth-order valence-corrected chi connectivity index (χ4v) is 9.71. The van der Waals surface area contributed by atoms with Crippen molar-refractivity contribution in [2.75, 3.05) is 0 Å². The number of thiophene rings is 1. The second-order valence-electron chi connectivity index (χ2n) is 14.4. The highest BCUT2D eigenvalue weighted by atomic mass is 32.1. The number of hydrogen-bond acceptors (Lipinski definition) is 4. The Labute approximate surface area is 331 Å². The summed E-state index contributed by atoms with van der Waals surface area (Å²) >= 11 is 1.85. The van der Waals surface area contributed by atoms with E-state index in [9.17, 15) is 0 Å². The van der Waals surface area contributed by atoms with Crippen LogP contribution >= 0.6 is 11.3 Å². The maximum atomic E-state index is 5.21. The predicted molar refractivity (Wildman–Crippen MR) is 238 cm³/mol. The molecule has 0 radical (unpaired) electrons. The topological polar surface area (TPSA) is 48.5 Å². The molecular formula is C51H31N5S. The van der Waals surface area contributed by atoms with E-state index in [4.69, 9.17) is 15.0 Å². The van der Waals surface area contributed by atoms with Gasteiger partial charge in [-0.1, -0.05) is 140 Å². The monoisotopic (exact) mass is 745 g/mol. The fraction of sp³-hybridized carbons (Fsp3) is 0. The number of rotatable bonds is 5. The zero-order chi connectivity index (χ0) is 37.5. The van der Waals surface area contributed by atoms with Gasteiger partial charge in [0.25, 0.3) is 0 Å². The Morgan fingerprint density at radius 1 is 0.351 bits per heavy atom. The van der Waals surface area contributed by atoms with Crippen molar-refractivity contribution in [1.29, 1.82) is 0 Å². The zero-order valence-corrected chi connectivity index (χ0v) is 31.4. The first-order valence-corrected chi connectivity index (χ1v) is 19.9. The van der Waals surface area contributed by atoms with Crippen molar-refractivity contribution < 1.29 is 0 Å². The summed E-state index contributed by atoms with van der Waals surface area (Å²) in [7, 11) is 0. The SMILES string of the molecule is c1ccc(-c2nc(-c3ccccc3)nc(-n3c4ccccc4c4cccc(-c5ccc6c(c5)c5ccccc5n6-c5ccc6sc7ccccc7c6c5)c43)n2)cc1. The molecule has 12 rings (SSSR count). The quantitative estimate of drug-likeness (QED) is 0.176. The lowest BCUT2D eigenvalue weighted by atomic mass is 10.00. The molecule has 0 aliphatic carbocycles. The number of aromatic nitrogens is 5. The zero-order valence-electron chi connectivity index (χ0n) is 30.5. The van der Waals surface area contributed by atoms with Gasteiger partial charge in [-0.15, -0.1) is 11.3 Å². The van der Waals surface area contributed by atoms with Crippen LogP contribution in [-0.2, 0) is 0 Å². The summed E-state index contributed by atoms with van der Waals surface area (Å²) < 4.78 is 7.26. The van der Waals surface area contributed by atoms with Gasteiger partial charge in [0, 0.05) is 64.1 Å². The third-order valence-electron chi connectivity index (χ3n) is 11.2. The summed E-state index contributed by atoms with van der Waals surface area (Å²) in [6.07, 6.45) is 0. The Bertz CT molecular complexity index is 3470. The molecule has 0 N–H and O–H groups in total. The fourth-order valence-electron chi connectivity index (χ4n) is 8.63. The highest BCUT2D eigenvalue weighted by Gasteiger charge is 2.21. The molecular weight excluding hydrogens is 715 g/mol. The highest BCUT2D eigenvalue weighted by molar-refractivity contribution is 7.25. The van der Waals surface area contributed by atoms with Gasteiger partial charge in [-0.25, -0.2) is 4.98 Å². The smallest absolute Gasteiger partial charge is 0.238 e. The van der Waals surface area contributed by atoms with Crippen LogP contribution in [-0.4, -0.2) is 24.1 Å². The second kappa shape index (κ2) is 12.6. The van der Waals surface area contributed by atoms with Crippen LogP contribution in [0.25, 0.3) is 109 Å². The van der Waals surface area contributed by atoms with Gasteiger partial charge in [0.15, 0.2) is 11.6 Å². The summed E-state index contributed by atoms with van der Waals surface area (Å²) in [5.41, 5.74) is 9.72. The minimum atomic E-state index is 0.579. The molecule has 12 aromatic rings. The molecule has 5 nitrogen and oxygen atoms in total. The van der Waals surface area contributed by atoms with E-state index in [0.717, 1.165) is 49.7 Å². The first-order chi connectivity index (χ1) is 28.3. The van der Waals surface area contributed by atoms with Crippen molar-refractivity contribution in [3.63, 3.8) is 0 Å². The molecule has 0 bridgehead atoms. The maximum Gasteiger partial charge on any atom is 0.238 e. The van der Waals surface area contributed by atoms with Crippen LogP contribution in [0.2, 0.25) is 0 Å². The van der Waals surface area contributed by atoms with E-state index in [1.165, 1.54) is 42.0 Å². The first kappa shape index (κ1) is 31.9. The molecule has 57 heavy (non-hydrogen) atoms. The third kappa shape index (κ3) is 4.98. The maximum absolute atomic E-state index is 5.21. The number of para-hydroxylation sites is 3. The molecule has 0 aliphatic heterocycles. The molecule has 0 unspecified atom stereocenters. The van der Waals surface area contributed by atoms with Crippen molar-refractivity contribution >= 4 is 75.1 Å². The average Bonchev–Trinajstić information content (AvgIpc) is 3.94. The standard InChI is InChI=1S/C51H31N5S/c1-3-14-32(15-4-1)49-52-50(33-16-5-2-6-17-33)54-51(53-49)56-44-24-11-7-18-37(44)40-22-13-21-36(48(40)56)34-26-28-45-41(30-34)38-19-8-10-23-43(38)55(45)35-27-29-47-42(31-35)39-20-9-12-25-46(39)57-47/h1-31H. The van der Waals surface area contributed by atoms with Crippen LogP contribution in [0.15, 0.2) is 188 Å². The predicted octanol–water partition coefficient (Wildman–Crippen LogP) is 13.4. The number of fused-ring (bicyclic) bond motifs is 9. The molecule has 0 saturated heterocycles. The van der Waals surface area contributed by atoms with Gasteiger partial charge >= 0.3 is 0 Å². The normalized spacial score (nSPS) is 11.9. The second-order valence-corrected chi connectivity index (χ2v) is 15.5. The van der Waals surface area contributed by atoms with Crippen molar-refractivity contribution in [3.8, 4) is 45.5 Å². The van der Waals surface area contributed by atoms with Gasteiger partial charge in [0.05, 0.1) is 22.1 Å². The lowest BCUT2D eigenvalue weighted by molar-refractivity contribution is 0.954. The first-order valence-electron chi connectivity index (χ1n) is 19.1. The summed E-state index contributed by atoms with van der Waals surface area (Å²) in [5, 5.41) is 7.30. The van der Waals surface area contributed by atoms with E-state index in [2.05, 4.69) is 161 Å². The Hall–Kier alpha value is -7.41. The van der Waals surface area contributed by atoms with Crippen LogP contribution in [0.1, 0.15) is 0 Å². The van der Waals surface area contributed by atoms with Crippen LogP contribution in [0.3, 0.4) is 0 Å². The van der Waals surface area contributed by atoms with Gasteiger partial charge in [0.1, 0.15) is 0 Å². The van der Waals surface area contributed by atoms with E-state index in [1.54, 1.807) is 0 Å². The summed E-state index contributed by atoms with van der Waals surface area (Å²) in [6, 6.07) is 66.8. The molecule has 8 aromatic carbocycles. The van der Waals surface area contributed by atoms with E-state index < -0.39 is 0 Å². The lowest BCUT2D eigenvalue weighted by Gasteiger charge is -2.13. The van der Waals surface area contributed by atoms with Crippen molar-refractivity contribution in [2.24, 2.45) is 0 Å². The Balaban J connectivity index is 1.11. The highest BCUT2D eigenvalue weighted by Crippen LogP contribution is 2.42. The molecule has 0 spiro atoms. The lowest BCUT2D eigenvalue weighted by Crippen LogP contribution is -2.06. The van der Waals surface area contributed by atoms with E-state index in [-0.39, 0.29) is 0 Å². The largest absolute Gasteiger partial charge is 0.309 e.